The molecule has 0 unspecified atom stereocenters. The van der Waals surface area contributed by atoms with Crippen LogP contribution in [0.3, 0.4) is 0 Å². The number of amides is 2. The minimum Gasteiger partial charge on any atom is -0.357 e. The number of fused-ring (bicyclic) bond motifs is 1. The number of carbonyl (C=O) groups excluding carboxylic acids is 3. The van der Waals surface area contributed by atoms with E-state index in [2.05, 4.69) is 4.98 Å². The van der Waals surface area contributed by atoms with E-state index in [0.29, 0.717) is 5.56 Å². The molecular weight excluding hydrogens is 196 g/mol. The van der Waals surface area contributed by atoms with Gasteiger partial charge in [0.05, 0.1) is 0 Å². The summed E-state index contributed by atoms with van der Waals surface area (Å²) in [5.41, 5.74) is 0.594. The van der Waals surface area contributed by atoms with Gasteiger partial charge in [0.15, 0.2) is 5.78 Å². The first kappa shape index (κ1) is 9.64. The SMILES string of the molecule is CC(=O)N1CCC(=O)c2cc[nH]c2C1=O. The summed E-state index contributed by atoms with van der Waals surface area (Å²) in [5.74, 6) is -0.869. The summed E-state index contributed by atoms with van der Waals surface area (Å²) in [5, 5.41) is 0. The summed E-state index contributed by atoms with van der Waals surface area (Å²) < 4.78 is 0. The van der Waals surface area contributed by atoms with Gasteiger partial charge in [-0.3, -0.25) is 19.3 Å². The quantitative estimate of drug-likeness (QED) is 0.675. The number of Topliss-reactive ketones (excluding diaryl/α,β-unsaturated/α-hetero) is 1. The highest BCUT2D eigenvalue weighted by Crippen LogP contribution is 2.17. The fourth-order valence-electron chi connectivity index (χ4n) is 1.66. The van der Waals surface area contributed by atoms with Crippen molar-refractivity contribution in [2.75, 3.05) is 6.54 Å². The van der Waals surface area contributed by atoms with Gasteiger partial charge >= 0.3 is 0 Å². The molecule has 1 aliphatic rings. The van der Waals surface area contributed by atoms with E-state index in [0.717, 1.165) is 4.90 Å². The van der Waals surface area contributed by atoms with E-state index in [4.69, 9.17) is 0 Å². The number of aromatic nitrogens is 1. The monoisotopic (exact) mass is 206 g/mol. The lowest BCUT2D eigenvalue weighted by atomic mass is 10.1. The van der Waals surface area contributed by atoms with E-state index >= 15 is 0 Å². The van der Waals surface area contributed by atoms with Crippen LogP contribution in [0.5, 0.6) is 0 Å². The van der Waals surface area contributed by atoms with Crippen LogP contribution in [0.1, 0.15) is 34.2 Å². The normalized spacial score (nSPS) is 16.2. The third kappa shape index (κ3) is 1.45. The molecule has 1 aromatic heterocycles. The first-order valence-electron chi connectivity index (χ1n) is 4.64. The summed E-state index contributed by atoms with van der Waals surface area (Å²) in [6.45, 7) is 1.48. The van der Waals surface area contributed by atoms with Gasteiger partial charge in [-0.05, 0) is 6.07 Å². The first-order valence-corrected chi connectivity index (χ1v) is 4.64. The van der Waals surface area contributed by atoms with Gasteiger partial charge in [0, 0.05) is 31.6 Å². The van der Waals surface area contributed by atoms with Crippen LogP contribution < -0.4 is 0 Å². The first-order chi connectivity index (χ1) is 7.11. The lowest BCUT2D eigenvalue weighted by Gasteiger charge is -2.15. The lowest BCUT2D eigenvalue weighted by Crippen LogP contribution is -2.35. The molecule has 2 heterocycles. The molecule has 0 aliphatic carbocycles. The van der Waals surface area contributed by atoms with Gasteiger partial charge in [-0.25, -0.2) is 0 Å². The highest BCUT2D eigenvalue weighted by atomic mass is 16.2. The Hall–Kier alpha value is -1.91. The highest BCUT2D eigenvalue weighted by molar-refractivity contribution is 6.12. The molecule has 78 valence electrons. The maximum Gasteiger partial charge on any atom is 0.277 e. The average molecular weight is 206 g/mol. The number of H-pyrrole nitrogens is 1. The average Bonchev–Trinajstić information content (AvgIpc) is 2.61. The van der Waals surface area contributed by atoms with Crippen molar-refractivity contribution in [3.63, 3.8) is 0 Å². The number of rotatable bonds is 0. The molecule has 5 heteroatoms. The summed E-state index contributed by atoms with van der Waals surface area (Å²) in [7, 11) is 0. The molecular formula is C10H10N2O3. The van der Waals surface area contributed by atoms with E-state index in [1.54, 1.807) is 6.07 Å². The molecule has 0 bridgehead atoms. The van der Waals surface area contributed by atoms with Crippen molar-refractivity contribution in [1.82, 2.24) is 9.88 Å². The van der Waals surface area contributed by atoms with Gasteiger partial charge in [0.25, 0.3) is 5.91 Å². The Balaban J connectivity index is 2.48. The van der Waals surface area contributed by atoms with E-state index in [1.807, 2.05) is 0 Å². The van der Waals surface area contributed by atoms with E-state index in [9.17, 15) is 14.4 Å². The molecule has 1 aliphatic heterocycles. The Morgan fingerprint density at radius 2 is 2.20 bits per heavy atom. The Morgan fingerprint density at radius 1 is 1.47 bits per heavy atom. The fourth-order valence-corrected chi connectivity index (χ4v) is 1.66. The Bertz CT molecular complexity index is 447. The molecule has 0 spiro atoms. The van der Waals surface area contributed by atoms with Crippen molar-refractivity contribution in [1.29, 1.82) is 0 Å². The number of hydrogen-bond acceptors (Lipinski definition) is 3. The summed E-state index contributed by atoms with van der Waals surface area (Å²) in [4.78, 5) is 38.3. The van der Waals surface area contributed by atoms with Gasteiger partial charge in [-0.1, -0.05) is 0 Å². The minimum absolute atomic E-state index is 0.108. The molecule has 15 heavy (non-hydrogen) atoms. The lowest BCUT2D eigenvalue weighted by molar-refractivity contribution is -0.126. The van der Waals surface area contributed by atoms with Crippen LogP contribution in [0.25, 0.3) is 0 Å². The van der Waals surface area contributed by atoms with Gasteiger partial charge in [0.1, 0.15) is 5.69 Å². The zero-order chi connectivity index (χ0) is 11.0. The zero-order valence-corrected chi connectivity index (χ0v) is 8.24. The van der Waals surface area contributed by atoms with Crippen molar-refractivity contribution in [2.45, 2.75) is 13.3 Å². The van der Waals surface area contributed by atoms with Crippen molar-refractivity contribution >= 4 is 17.6 Å². The van der Waals surface area contributed by atoms with Crippen molar-refractivity contribution < 1.29 is 14.4 Å². The van der Waals surface area contributed by atoms with Crippen molar-refractivity contribution in [3.8, 4) is 0 Å². The summed E-state index contributed by atoms with van der Waals surface area (Å²) in [6.07, 6.45) is 1.72. The van der Waals surface area contributed by atoms with Crippen LogP contribution >= 0.6 is 0 Å². The number of ketones is 1. The molecule has 0 radical (unpaired) electrons. The van der Waals surface area contributed by atoms with Gasteiger partial charge in [-0.2, -0.15) is 0 Å². The second-order valence-electron chi connectivity index (χ2n) is 3.42. The second kappa shape index (κ2) is 3.34. The highest BCUT2D eigenvalue weighted by Gasteiger charge is 2.29. The molecule has 0 saturated heterocycles. The number of nitrogens with one attached hydrogen (secondary N) is 1. The Labute approximate surface area is 86.1 Å². The summed E-state index contributed by atoms with van der Waals surface area (Å²) in [6, 6.07) is 1.57. The third-order valence-corrected chi connectivity index (χ3v) is 2.45. The Morgan fingerprint density at radius 3 is 2.87 bits per heavy atom. The zero-order valence-electron chi connectivity index (χ0n) is 8.24. The topological polar surface area (TPSA) is 70.2 Å². The molecule has 0 aromatic carbocycles. The van der Waals surface area contributed by atoms with Crippen LogP contribution in [0, 0.1) is 0 Å². The largest absolute Gasteiger partial charge is 0.357 e. The van der Waals surface area contributed by atoms with Gasteiger partial charge in [-0.15, -0.1) is 0 Å². The smallest absolute Gasteiger partial charge is 0.277 e. The molecule has 1 N–H and O–H groups in total. The van der Waals surface area contributed by atoms with Crippen LogP contribution in [-0.2, 0) is 4.79 Å². The number of imide groups is 1. The minimum atomic E-state index is -0.423. The fraction of sp³-hybridized carbons (Fsp3) is 0.300. The molecule has 0 saturated carbocycles. The van der Waals surface area contributed by atoms with Gasteiger partial charge < -0.3 is 4.98 Å². The van der Waals surface area contributed by atoms with Crippen LogP contribution in [0.4, 0.5) is 0 Å². The third-order valence-electron chi connectivity index (χ3n) is 2.45. The number of carbonyl (C=O) groups is 3. The maximum absolute atomic E-state index is 11.8. The number of aromatic amines is 1. The molecule has 5 nitrogen and oxygen atoms in total. The maximum atomic E-state index is 11.8. The second-order valence-corrected chi connectivity index (χ2v) is 3.42. The van der Waals surface area contributed by atoms with E-state index < -0.39 is 5.91 Å². The van der Waals surface area contributed by atoms with Crippen molar-refractivity contribution in [3.05, 3.63) is 23.5 Å². The number of nitrogens with zero attached hydrogens (tertiary/aromatic N) is 1. The summed E-state index contributed by atoms with van der Waals surface area (Å²) >= 11 is 0. The van der Waals surface area contributed by atoms with Gasteiger partial charge in [0.2, 0.25) is 5.91 Å². The Kier molecular flexibility index (Phi) is 2.15. The van der Waals surface area contributed by atoms with Crippen LogP contribution in [0.2, 0.25) is 0 Å². The standard InChI is InChI=1S/C10H10N2O3/c1-6(13)12-5-3-8(14)7-2-4-11-9(7)10(12)15/h2,4,11H,3,5H2,1H3. The molecule has 2 rings (SSSR count). The molecule has 0 fully saturated rings. The van der Waals surface area contributed by atoms with Crippen LogP contribution in [0.15, 0.2) is 12.3 Å². The van der Waals surface area contributed by atoms with Crippen LogP contribution in [-0.4, -0.2) is 34.0 Å². The predicted octanol–water partition coefficient (Wildman–Crippen LogP) is 0.590. The van der Waals surface area contributed by atoms with E-state index in [-0.39, 0.29) is 30.3 Å². The predicted molar refractivity (Wildman–Crippen MR) is 51.5 cm³/mol. The molecule has 0 atom stereocenters. The van der Waals surface area contributed by atoms with E-state index in [1.165, 1.54) is 13.1 Å². The molecule has 1 aromatic rings. The van der Waals surface area contributed by atoms with Crippen molar-refractivity contribution in [2.24, 2.45) is 0 Å². The molecule has 2 amide bonds. The number of hydrogen-bond donors (Lipinski definition) is 1.